The summed E-state index contributed by atoms with van der Waals surface area (Å²) in [6, 6.07) is 52.9. The Morgan fingerprint density at radius 2 is 0.700 bits per heavy atom. The second-order valence-electron chi connectivity index (χ2n) is 10.6. The number of rotatable bonds is 2. The van der Waals surface area contributed by atoms with Gasteiger partial charge in [0.15, 0.2) is 0 Å². The minimum atomic E-state index is 1.17. The molecule has 0 aliphatic rings. The van der Waals surface area contributed by atoms with Crippen molar-refractivity contribution in [3.63, 3.8) is 0 Å². The first-order chi connectivity index (χ1) is 19.9. The monoisotopic (exact) mass is 508 g/mol. The van der Waals surface area contributed by atoms with Gasteiger partial charge in [-0.3, -0.25) is 0 Å². The Labute approximate surface area is 230 Å². The minimum Gasteiger partial charge on any atom is -0.307 e. The topological polar surface area (TPSA) is 9.86 Å². The zero-order chi connectivity index (χ0) is 26.2. The Bertz CT molecular complexity index is 2240. The molecule has 0 saturated carbocycles. The van der Waals surface area contributed by atoms with Crippen molar-refractivity contribution in [1.82, 2.24) is 9.13 Å². The molecule has 2 heteroatoms. The summed E-state index contributed by atoms with van der Waals surface area (Å²) in [5.41, 5.74) is 7.25. The lowest BCUT2D eigenvalue weighted by Gasteiger charge is -2.12. The molecule has 9 rings (SSSR count). The molecule has 0 N–H and O–H groups in total. The van der Waals surface area contributed by atoms with E-state index < -0.39 is 0 Å². The molecule has 40 heavy (non-hydrogen) atoms. The highest BCUT2D eigenvalue weighted by atomic mass is 15.0. The molecule has 0 aliphatic carbocycles. The van der Waals surface area contributed by atoms with Crippen molar-refractivity contribution < 1.29 is 0 Å². The van der Waals surface area contributed by atoms with E-state index in [1.54, 1.807) is 0 Å². The highest BCUT2D eigenvalue weighted by Crippen LogP contribution is 2.44. The van der Waals surface area contributed by atoms with Crippen molar-refractivity contribution in [3.8, 4) is 11.4 Å². The number of benzene rings is 7. The third-order valence-electron chi connectivity index (χ3n) is 8.46. The van der Waals surface area contributed by atoms with Crippen LogP contribution in [0.5, 0.6) is 0 Å². The fourth-order valence-electron chi connectivity index (χ4n) is 6.83. The third kappa shape index (κ3) is 2.82. The molecule has 7 aromatic carbocycles. The molecule has 0 radical (unpaired) electrons. The maximum atomic E-state index is 2.47. The SMILES string of the molecule is c1ccc(-n2c3ccc4ccccc4c3c3ccc4c5c6ccccc6ccc5n(-c5ccccc5)c4c32)cc1. The van der Waals surface area contributed by atoms with Crippen LogP contribution in [0.3, 0.4) is 0 Å². The molecule has 9 aromatic rings. The second kappa shape index (κ2) is 8.08. The molecule has 186 valence electrons. The van der Waals surface area contributed by atoms with E-state index in [0.29, 0.717) is 0 Å². The first-order valence-corrected chi connectivity index (χ1v) is 13.8. The molecule has 0 spiro atoms. The largest absolute Gasteiger partial charge is 0.307 e. The number of para-hydroxylation sites is 2. The van der Waals surface area contributed by atoms with Crippen molar-refractivity contribution in [1.29, 1.82) is 0 Å². The predicted octanol–water partition coefficient (Wildman–Crippen LogP) is 10.2. The number of hydrogen-bond donors (Lipinski definition) is 0. The lowest BCUT2D eigenvalue weighted by Crippen LogP contribution is -1.98. The first kappa shape index (κ1) is 21.6. The van der Waals surface area contributed by atoms with E-state index in [0.717, 1.165) is 0 Å². The number of aromatic nitrogens is 2. The molecule has 0 unspecified atom stereocenters. The average Bonchev–Trinajstić information content (AvgIpc) is 3.55. The average molecular weight is 509 g/mol. The molecular weight excluding hydrogens is 484 g/mol. The second-order valence-corrected chi connectivity index (χ2v) is 10.6. The van der Waals surface area contributed by atoms with Crippen LogP contribution in [0.4, 0.5) is 0 Å². The van der Waals surface area contributed by atoms with Gasteiger partial charge in [0.2, 0.25) is 0 Å². The summed E-state index contributed by atoms with van der Waals surface area (Å²) >= 11 is 0. The van der Waals surface area contributed by atoms with Crippen molar-refractivity contribution in [2.75, 3.05) is 0 Å². The van der Waals surface area contributed by atoms with Gasteiger partial charge in [-0.15, -0.1) is 0 Å². The maximum Gasteiger partial charge on any atom is 0.0789 e. The van der Waals surface area contributed by atoms with E-state index >= 15 is 0 Å². The lowest BCUT2D eigenvalue weighted by molar-refractivity contribution is 1.15. The molecule has 0 aliphatic heterocycles. The van der Waals surface area contributed by atoms with E-state index in [-0.39, 0.29) is 0 Å². The summed E-state index contributed by atoms with van der Waals surface area (Å²) in [6.45, 7) is 0. The number of fused-ring (bicyclic) bond motifs is 11. The van der Waals surface area contributed by atoms with Gasteiger partial charge in [-0.05, 0) is 57.9 Å². The summed E-state index contributed by atoms with van der Waals surface area (Å²) < 4.78 is 4.94. The van der Waals surface area contributed by atoms with Gasteiger partial charge in [-0.2, -0.15) is 0 Å². The van der Waals surface area contributed by atoms with Crippen LogP contribution in [0, 0.1) is 0 Å². The van der Waals surface area contributed by atoms with Crippen LogP contribution in [0.15, 0.2) is 146 Å². The molecule has 2 heterocycles. The maximum absolute atomic E-state index is 2.47. The van der Waals surface area contributed by atoms with E-state index in [1.165, 1.54) is 76.5 Å². The molecule has 0 saturated heterocycles. The Balaban J connectivity index is 1.62. The van der Waals surface area contributed by atoms with E-state index in [4.69, 9.17) is 0 Å². The fourth-order valence-corrected chi connectivity index (χ4v) is 6.83. The van der Waals surface area contributed by atoms with Gasteiger partial charge in [0.1, 0.15) is 0 Å². The van der Waals surface area contributed by atoms with Gasteiger partial charge in [-0.1, -0.05) is 109 Å². The highest BCUT2D eigenvalue weighted by Gasteiger charge is 2.23. The minimum absolute atomic E-state index is 1.17. The molecule has 0 fully saturated rings. The summed E-state index contributed by atoms with van der Waals surface area (Å²) in [5.74, 6) is 0. The number of nitrogens with zero attached hydrogens (tertiary/aromatic N) is 2. The van der Waals surface area contributed by atoms with E-state index in [9.17, 15) is 0 Å². The first-order valence-electron chi connectivity index (χ1n) is 13.8. The van der Waals surface area contributed by atoms with Crippen LogP contribution in [-0.2, 0) is 0 Å². The van der Waals surface area contributed by atoms with Crippen LogP contribution in [-0.4, -0.2) is 9.13 Å². The van der Waals surface area contributed by atoms with Crippen LogP contribution >= 0.6 is 0 Å². The normalized spacial score (nSPS) is 12.0. The Morgan fingerprint density at radius 1 is 0.300 bits per heavy atom. The molecule has 2 nitrogen and oxygen atoms in total. The molecule has 0 bridgehead atoms. The highest BCUT2D eigenvalue weighted by molar-refractivity contribution is 6.31. The summed E-state index contributed by atoms with van der Waals surface area (Å²) in [4.78, 5) is 0. The van der Waals surface area contributed by atoms with Crippen molar-refractivity contribution in [3.05, 3.63) is 146 Å². The van der Waals surface area contributed by atoms with E-state index in [2.05, 4.69) is 155 Å². The van der Waals surface area contributed by atoms with Crippen LogP contribution in [0.25, 0.3) is 76.5 Å². The van der Waals surface area contributed by atoms with Crippen LogP contribution < -0.4 is 0 Å². The molecular formula is C38H24N2. The molecule has 0 atom stereocenters. The van der Waals surface area contributed by atoms with E-state index in [1.807, 2.05) is 0 Å². The smallest absolute Gasteiger partial charge is 0.0789 e. The van der Waals surface area contributed by atoms with Crippen molar-refractivity contribution >= 4 is 65.2 Å². The van der Waals surface area contributed by atoms with Crippen molar-refractivity contribution in [2.45, 2.75) is 0 Å². The zero-order valence-corrected chi connectivity index (χ0v) is 21.8. The summed E-state index contributed by atoms with van der Waals surface area (Å²) in [5, 5.41) is 10.2. The van der Waals surface area contributed by atoms with Gasteiger partial charge in [-0.25, -0.2) is 0 Å². The Kier molecular flexibility index (Phi) is 4.36. The third-order valence-corrected chi connectivity index (χ3v) is 8.46. The molecule has 0 amide bonds. The molecule has 2 aromatic heterocycles. The number of hydrogen-bond acceptors (Lipinski definition) is 0. The Morgan fingerprint density at radius 3 is 1.15 bits per heavy atom. The van der Waals surface area contributed by atoms with Gasteiger partial charge in [0.25, 0.3) is 0 Å². The fraction of sp³-hybridized carbons (Fsp3) is 0. The summed E-state index contributed by atoms with van der Waals surface area (Å²) in [7, 11) is 0. The van der Waals surface area contributed by atoms with Crippen LogP contribution in [0.2, 0.25) is 0 Å². The lowest BCUT2D eigenvalue weighted by atomic mass is 10.0. The van der Waals surface area contributed by atoms with Gasteiger partial charge >= 0.3 is 0 Å². The van der Waals surface area contributed by atoms with Gasteiger partial charge in [0, 0.05) is 32.9 Å². The summed E-state index contributed by atoms with van der Waals surface area (Å²) in [6.07, 6.45) is 0. The van der Waals surface area contributed by atoms with Crippen LogP contribution in [0.1, 0.15) is 0 Å². The van der Waals surface area contributed by atoms with Crippen molar-refractivity contribution in [2.24, 2.45) is 0 Å². The quantitative estimate of drug-likeness (QED) is 0.220. The standard InChI is InChI=1S/C38H24N2/c1-3-13-27(14-4-1)39-33-23-19-25-11-7-9-17-29(25)35(33)31-21-22-32-36-30-18-10-8-12-26(30)20-24-34(36)40(38(32)37(31)39)28-15-5-2-6-16-28/h1-24H. The van der Waals surface area contributed by atoms with Gasteiger partial charge < -0.3 is 9.13 Å². The van der Waals surface area contributed by atoms with Gasteiger partial charge in [0.05, 0.1) is 22.1 Å². The predicted molar refractivity (Wildman–Crippen MR) is 170 cm³/mol. The Hall–Kier alpha value is -5.34. The zero-order valence-electron chi connectivity index (χ0n) is 21.8.